The first-order valence-corrected chi connectivity index (χ1v) is 6.79. The van der Waals surface area contributed by atoms with E-state index in [4.69, 9.17) is 17.0 Å². The van der Waals surface area contributed by atoms with Crippen LogP contribution in [-0.2, 0) is 9.53 Å². The van der Waals surface area contributed by atoms with Crippen LogP contribution in [0, 0.1) is 0 Å². The number of carbonyl (C=O) groups excluding carboxylic acids is 1. The fourth-order valence-electron chi connectivity index (χ4n) is 1.87. The predicted octanol–water partition coefficient (Wildman–Crippen LogP) is 2.69. The van der Waals surface area contributed by atoms with E-state index in [1.165, 1.54) is 0 Å². The second-order valence-corrected chi connectivity index (χ2v) is 4.55. The van der Waals surface area contributed by atoms with Crippen molar-refractivity contribution >= 4 is 39.8 Å². The van der Waals surface area contributed by atoms with Gasteiger partial charge in [-0.3, -0.25) is 4.79 Å². The lowest BCUT2D eigenvalue weighted by Gasteiger charge is -2.12. The third-order valence-electron chi connectivity index (χ3n) is 2.74. The zero-order valence-corrected chi connectivity index (χ0v) is 12.0. The smallest absolute Gasteiger partial charge is 0.325 e. The summed E-state index contributed by atoms with van der Waals surface area (Å²) in [7, 11) is 0. The quantitative estimate of drug-likeness (QED) is 0.669. The fraction of sp³-hybridized carbons (Fsp3) is 0.200. The molecule has 0 unspecified atom stereocenters. The molecule has 2 rings (SSSR count). The number of carbonyl (C=O) groups is 1. The number of nitrogens with one attached hydrogen (secondary N) is 2. The number of hydrogen-bond acceptors (Lipinski definition) is 3. The van der Waals surface area contributed by atoms with E-state index in [2.05, 4.69) is 10.6 Å². The molecule has 5 heteroatoms. The summed E-state index contributed by atoms with van der Waals surface area (Å²) in [6.45, 7) is 2.19. The first-order valence-electron chi connectivity index (χ1n) is 6.39. The predicted molar refractivity (Wildman–Crippen MR) is 84.8 cm³/mol. The van der Waals surface area contributed by atoms with Crippen molar-refractivity contribution in [2.75, 3.05) is 18.5 Å². The number of anilines is 1. The van der Waals surface area contributed by atoms with Crippen LogP contribution in [0.2, 0.25) is 0 Å². The molecule has 4 nitrogen and oxygen atoms in total. The highest BCUT2D eigenvalue weighted by Crippen LogP contribution is 2.22. The minimum absolute atomic E-state index is 0.0600. The number of thiocarbonyl (C=S) groups is 1. The van der Waals surface area contributed by atoms with Gasteiger partial charge >= 0.3 is 5.97 Å². The lowest BCUT2D eigenvalue weighted by molar-refractivity contribution is -0.141. The van der Waals surface area contributed by atoms with E-state index in [1.807, 2.05) is 42.5 Å². The number of esters is 1. The van der Waals surface area contributed by atoms with Crippen LogP contribution in [0.5, 0.6) is 0 Å². The topological polar surface area (TPSA) is 50.4 Å². The van der Waals surface area contributed by atoms with Crippen molar-refractivity contribution in [2.45, 2.75) is 6.92 Å². The molecule has 0 aliphatic rings. The Hall–Kier alpha value is -2.14. The van der Waals surface area contributed by atoms with Crippen LogP contribution in [0.15, 0.2) is 42.5 Å². The third kappa shape index (κ3) is 3.68. The Labute approximate surface area is 123 Å². The average molecular weight is 288 g/mol. The monoisotopic (exact) mass is 288 g/mol. The zero-order chi connectivity index (χ0) is 14.4. The molecule has 0 aromatic heterocycles. The molecule has 2 N–H and O–H groups in total. The van der Waals surface area contributed by atoms with Gasteiger partial charge in [-0.2, -0.15) is 0 Å². The van der Waals surface area contributed by atoms with Gasteiger partial charge in [-0.15, -0.1) is 0 Å². The Balaban J connectivity index is 2.01. The Morgan fingerprint density at radius 1 is 1.20 bits per heavy atom. The lowest BCUT2D eigenvalue weighted by Crippen LogP contribution is -2.33. The molecule has 0 aliphatic heterocycles. The average Bonchev–Trinajstić information content (AvgIpc) is 2.46. The summed E-state index contributed by atoms with van der Waals surface area (Å²) < 4.78 is 4.82. The van der Waals surface area contributed by atoms with Gasteiger partial charge in [0.25, 0.3) is 0 Å². The largest absolute Gasteiger partial charge is 0.465 e. The summed E-state index contributed by atoms with van der Waals surface area (Å²) in [5.74, 6) is -0.324. The van der Waals surface area contributed by atoms with Crippen LogP contribution in [0.3, 0.4) is 0 Å². The molecular weight excluding hydrogens is 272 g/mol. The van der Waals surface area contributed by atoms with Gasteiger partial charge in [-0.05, 0) is 30.6 Å². The Kier molecular flexibility index (Phi) is 4.90. The van der Waals surface area contributed by atoms with Gasteiger partial charge in [0.15, 0.2) is 5.11 Å². The normalized spacial score (nSPS) is 10.1. The van der Waals surface area contributed by atoms with Gasteiger partial charge < -0.3 is 15.4 Å². The molecule has 0 heterocycles. The Bertz CT molecular complexity index is 623. The van der Waals surface area contributed by atoms with E-state index >= 15 is 0 Å². The van der Waals surface area contributed by atoms with E-state index < -0.39 is 0 Å². The molecule has 20 heavy (non-hydrogen) atoms. The van der Waals surface area contributed by atoms with Crippen molar-refractivity contribution in [1.82, 2.24) is 5.32 Å². The molecule has 2 aromatic rings. The molecule has 0 fully saturated rings. The summed E-state index contributed by atoms with van der Waals surface area (Å²) in [6, 6.07) is 14.0. The number of ether oxygens (including phenoxy) is 1. The second kappa shape index (κ2) is 6.86. The van der Waals surface area contributed by atoms with Crippen molar-refractivity contribution in [1.29, 1.82) is 0 Å². The highest BCUT2D eigenvalue weighted by molar-refractivity contribution is 7.80. The second-order valence-electron chi connectivity index (χ2n) is 4.14. The number of benzene rings is 2. The van der Waals surface area contributed by atoms with Crippen molar-refractivity contribution in [3.05, 3.63) is 42.5 Å². The van der Waals surface area contributed by atoms with Crippen LogP contribution in [0.4, 0.5) is 5.69 Å². The molecule has 0 saturated heterocycles. The number of fused-ring (bicyclic) bond motifs is 1. The van der Waals surface area contributed by atoms with Gasteiger partial charge in [-0.25, -0.2) is 0 Å². The van der Waals surface area contributed by atoms with Crippen molar-refractivity contribution in [2.24, 2.45) is 0 Å². The minimum atomic E-state index is -0.324. The molecule has 0 bridgehead atoms. The first kappa shape index (κ1) is 14.3. The Morgan fingerprint density at radius 3 is 2.75 bits per heavy atom. The van der Waals surface area contributed by atoms with E-state index in [-0.39, 0.29) is 12.5 Å². The minimum Gasteiger partial charge on any atom is -0.465 e. The fourth-order valence-corrected chi connectivity index (χ4v) is 2.05. The van der Waals surface area contributed by atoms with Crippen molar-refractivity contribution in [3.8, 4) is 0 Å². The summed E-state index contributed by atoms with van der Waals surface area (Å²) in [5, 5.41) is 8.53. The first-order chi connectivity index (χ1) is 9.70. The zero-order valence-electron chi connectivity index (χ0n) is 11.2. The summed E-state index contributed by atoms with van der Waals surface area (Å²) >= 11 is 5.17. The summed E-state index contributed by atoms with van der Waals surface area (Å²) in [5.41, 5.74) is 0.907. The van der Waals surface area contributed by atoms with Crippen molar-refractivity contribution < 1.29 is 9.53 Å². The highest BCUT2D eigenvalue weighted by atomic mass is 32.1. The van der Waals surface area contributed by atoms with Crippen LogP contribution in [0.25, 0.3) is 10.8 Å². The molecule has 2 aromatic carbocycles. The van der Waals surface area contributed by atoms with Crippen LogP contribution in [-0.4, -0.2) is 24.2 Å². The molecule has 0 aliphatic carbocycles. The molecular formula is C15H16N2O2S. The molecule has 0 amide bonds. The van der Waals surface area contributed by atoms with Crippen LogP contribution >= 0.6 is 12.2 Å². The standard InChI is InChI=1S/C15H16N2O2S/c1-2-19-14(18)10-16-15(20)17-13-9-5-7-11-6-3-4-8-12(11)13/h3-9H,2,10H2,1H3,(H2,16,17,20). The maximum atomic E-state index is 11.2. The highest BCUT2D eigenvalue weighted by Gasteiger charge is 2.05. The maximum absolute atomic E-state index is 11.2. The summed E-state index contributed by atoms with van der Waals surface area (Å²) in [6.07, 6.45) is 0. The van der Waals surface area contributed by atoms with E-state index in [0.717, 1.165) is 16.5 Å². The van der Waals surface area contributed by atoms with Gasteiger partial charge in [0.2, 0.25) is 0 Å². The van der Waals surface area contributed by atoms with Gasteiger partial charge in [0.1, 0.15) is 6.54 Å². The van der Waals surface area contributed by atoms with Gasteiger partial charge in [0, 0.05) is 11.1 Å². The van der Waals surface area contributed by atoms with E-state index in [9.17, 15) is 4.79 Å². The lowest BCUT2D eigenvalue weighted by atomic mass is 10.1. The molecule has 0 saturated carbocycles. The Morgan fingerprint density at radius 2 is 1.95 bits per heavy atom. The molecule has 0 spiro atoms. The van der Waals surface area contributed by atoms with E-state index in [0.29, 0.717) is 11.7 Å². The van der Waals surface area contributed by atoms with Crippen molar-refractivity contribution in [3.63, 3.8) is 0 Å². The SMILES string of the molecule is CCOC(=O)CNC(=S)Nc1cccc2ccccc12. The molecule has 104 valence electrons. The third-order valence-corrected chi connectivity index (χ3v) is 2.98. The molecule has 0 radical (unpaired) electrons. The molecule has 0 atom stereocenters. The van der Waals surface area contributed by atoms with Gasteiger partial charge in [-0.1, -0.05) is 36.4 Å². The van der Waals surface area contributed by atoms with Crippen LogP contribution in [0.1, 0.15) is 6.92 Å². The van der Waals surface area contributed by atoms with Gasteiger partial charge in [0.05, 0.1) is 6.61 Å². The number of rotatable bonds is 4. The maximum Gasteiger partial charge on any atom is 0.325 e. The van der Waals surface area contributed by atoms with Crippen LogP contribution < -0.4 is 10.6 Å². The summed E-state index contributed by atoms with van der Waals surface area (Å²) in [4.78, 5) is 11.2. The van der Waals surface area contributed by atoms with E-state index in [1.54, 1.807) is 6.92 Å². The number of hydrogen-bond donors (Lipinski definition) is 2.